The van der Waals surface area contributed by atoms with Gasteiger partial charge >= 0.3 is 5.97 Å². The molecule has 0 saturated carbocycles. The molecule has 7 heteroatoms. The summed E-state index contributed by atoms with van der Waals surface area (Å²) in [6, 6.07) is 5.77. The van der Waals surface area contributed by atoms with Crippen LogP contribution in [-0.2, 0) is 9.59 Å². The molecule has 1 amide bonds. The molecule has 0 aliphatic rings. The fourth-order valence-corrected chi connectivity index (χ4v) is 1.64. The summed E-state index contributed by atoms with van der Waals surface area (Å²) in [6.45, 7) is 0.631. The lowest BCUT2D eigenvalue weighted by atomic mass is 10.2. The first-order valence-electron chi connectivity index (χ1n) is 5.75. The van der Waals surface area contributed by atoms with Gasteiger partial charge in [-0.15, -0.1) is 0 Å². The number of amides is 1. The molecule has 0 aliphatic carbocycles. The van der Waals surface area contributed by atoms with Crippen LogP contribution in [0.3, 0.4) is 0 Å². The first-order chi connectivity index (χ1) is 9.04. The van der Waals surface area contributed by atoms with Crippen molar-refractivity contribution in [1.29, 1.82) is 0 Å². The fraction of sp³-hybridized carbons (Fsp3) is 0.333. The van der Waals surface area contributed by atoms with E-state index in [0.717, 1.165) is 0 Å². The van der Waals surface area contributed by atoms with E-state index in [0.29, 0.717) is 23.8 Å². The molecule has 0 aromatic heterocycles. The monoisotopic (exact) mass is 285 g/mol. The van der Waals surface area contributed by atoms with Crippen LogP contribution >= 0.6 is 11.6 Å². The molecule has 0 unspecified atom stereocenters. The topological polar surface area (TPSA) is 104 Å². The molecule has 104 valence electrons. The minimum Gasteiger partial charge on any atom is -0.480 e. The van der Waals surface area contributed by atoms with Gasteiger partial charge in [-0.05, 0) is 12.1 Å². The van der Waals surface area contributed by atoms with Crippen molar-refractivity contribution in [3.8, 4) is 0 Å². The molecular formula is C12H16ClN3O3. The highest BCUT2D eigenvalue weighted by atomic mass is 35.5. The third-order valence-corrected chi connectivity index (χ3v) is 2.70. The van der Waals surface area contributed by atoms with Gasteiger partial charge in [-0.2, -0.15) is 0 Å². The molecule has 0 aliphatic heterocycles. The molecule has 1 aromatic rings. The van der Waals surface area contributed by atoms with Crippen molar-refractivity contribution in [3.05, 3.63) is 29.3 Å². The van der Waals surface area contributed by atoms with Crippen LogP contribution in [0.5, 0.6) is 0 Å². The molecule has 0 heterocycles. The lowest BCUT2D eigenvalue weighted by Gasteiger charge is -2.14. The first-order valence-corrected chi connectivity index (χ1v) is 6.13. The Balaban J connectivity index is 2.58. The average molecular weight is 286 g/mol. The summed E-state index contributed by atoms with van der Waals surface area (Å²) in [5.41, 5.74) is 5.73. The zero-order valence-electron chi connectivity index (χ0n) is 10.2. The molecule has 0 radical (unpaired) electrons. The van der Waals surface area contributed by atoms with Gasteiger partial charge in [0.2, 0.25) is 5.91 Å². The van der Waals surface area contributed by atoms with E-state index in [1.807, 2.05) is 0 Å². The van der Waals surface area contributed by atoms with E-state index < -0.39 is 17.9 Å². The van der Waals surface area contributed by atoms with Crippen molar-refractivity contribution in [1.82, 2.24) is 5.32 Å². The number of rotatable bonds is 7. The summed E-state index contributed by atoms with van der Waals surface area (Å²) in [5, 5.41) is 14.6. The lowest BCUT2D eigenvalue weighted by molar-refractivity contribution is -0.141. The summed E-state index contributed by atoms with van der Waals surface area (Å²) < 4.78 is 0. The average Bonchev–Trinajstić information content (AvgIpc) is 2.37. The van der Waals surface area contributed by atoms with Crippen molar-refractivity contribution in [2.24, 2.45) is 5.73 Å². The Morgan fingerprint density at radius 2 is 2.05 bits per heavy atom. The van der Waals surface area contributed by atoms with Crippen LogP contribution in [-0.4, -0.2) is 36.1 Å². The van der Waals surface area contributed by atoms with Gasteiger partial charge in [-0.25, -0.2) is 0 Å². The summed E-state index contributed by atoms with van der Waals surface area (Å²) >= 11 is 5.89. The van der Waals surface area contributed by atoms with Gasteiger partial charge in [0, 0.05) is 13.1 Å². The standard InChI is InChI=1S/C12H16ClN3O3/c13-8-3-1-2-4-9(8)16-11(17)7-10(12(18)19)15-6-5-14/h1-4,10,15H,5-7,14H2,(H,16,17)(H,18,19)/t10-/m0/s1. The van der Waals surface area contributed by atoms with E-state index in [2.05, 4.69) is 10.6 Å². The van der Waals surface area contributed by atoms with Crippen molar-refractivity contribution >= 4 is 29.2 Å². The van der Waals surface area contributed by atoms with Gasteiger partial charge in [0.15, 0.2) is 0 Å². The second-order valence-electron chi connectivity index (χ2n) is 3.87. The number of carbonyl (C=O) groups is 2. The molecule has 1 aromatic carbocycles. The Labute approximate surface area is 115 Å². The number of nitrogens with two attached hydrogens (primary N) is 1. The number of aliphatic carboxylic acids is 1. The highest BCUT2D eigenvalue weighted by Crippen LogP contribution is 2.20. The molecule has 1 atom stereocenters. The maximum absolute atomic E-state index is 11.7. The highest BCUT2D eigenvalue weighted by molar-refractivity contribution is 6.33. The Morgan fingerprint density at radius 1 is 1.37 bits per heavy atom. The SMILES string of the molecule is NCCN[C@@H](CC(=O)Nc1ccccc1Cl)C(=O)O. The Morgan fingerprint density at radius 3 is 2.63 bits per heavy atom. The summed E-state index contributed by atoms with van der Waals surface area (Å²) in [7, 11) is 0. The summed E-state index contributed by atoms with van der Waals surface area (Å²) in [4.78, 5) is 22.7. The molecule has 0 fully saturated rings. The predicted molar refractivity (Wildman–Crippen MR) is 73.2 cm³/mol. The Hall–Kier alpha value is -1.63. The van der Waals surface area contributed by atoms with Crippen molar-refractivity contribution in [2.45, 2.75) is 12.5 Å². The minimum absolute atomic E-state index is 0.194. The smallest absolute Gasteiger partial charge is 0.321 e. The van der Waals surface area contributed by atoms with Gasteiger partial charge < -0.3 is 21.5 Å². The maximum atomic E-state index is 11.7. The van der Waals surface area contributed by atoms with Gasteiger partial charge in [0.05, 0.1) is 17.1 Å². The quantitative estimate of drug-likeness (QED) is 0.589. The van der Waals surface area contributed by atoms with Crippen LogP contribution in [0.25, 0.3) is 0 Å². The van der Waals surface area contributed by atoms with Gasteiger partial charge in [-0.3, -0.25) is 9.59 Å². The molecule has 0 saturated heterocycles. The number of anilines is 1. The number of hydrogen-bond acceptors (Lipinski definition) is 4. The number of para-hydroxylation sites is 1. The summed E-state index contributed by atoms with van der Waals surface area (Å²) in [5.74, 6) is -1.52. The molecule has 0 bridgehead atoms. The maximum Gasteiger partial charge on any atom is 0.321 e. The van der Waals surface area contributed by atoms with Crippen LogP contribution in [0, 0.1) is 0 Å². The fourth-order valence-electron chi connectivity index (χ4n) is 1.45. The zero-order valence-corrected chi connectivity index (χ0v) is 11.0. The van der Waals surface area contributed by atoms with Crippen molar-refractivity contribution in [3.63, 3.8) is 0 Å². The number of carbonyl (C=O) groups excluding carboxylic acids is 1. The van der Waals surface area contributed by atoms with Crippen LogP contribution in [0.2, 0.25) is 5.02 Å². The Bertz CT molecular complexity index is 454. The second kappa shape index (κ2) is 7.73. The van der Waals surface area contributed by atoms with Crippen molar-refractivity contribution < 1.29 is 14.7 Å². The van der Waals surface area contributed by atoms with E-state index in [-0.39, 0.29) is 6.42 Å². The number of halogens is 1. The normalized spacial score (nSPS) is 11.9. The van der Waals surface area contributed by atoms with E-state index in [4.69, 9.17) is 22.4 Å². The number of carboxylic acid groups (broad SMARTS) is 1. The molecule has 6 nitrogen and oxygen atoms in total. The van der Waals surface area contributed by atoms with E-state index in [9.17, 15) is 9.59 Å². The Kier molecular flexibility index (Phi) is 6.27. The number of benzene rings is 1. The van der Waals surface area contributed by atoms with Crippen molar-refractivity contribution in [2.75, 3.05) is 18.4 Å². The van der Waals surface area contributed by atoms with Crippen LogP contribution < -0.4 is 16.4 Å². The first kappa shape index (κ1) is 15.4. The highest BCUT2D eigenvalue weighted by Gasteiger charge is 2.20. The van der Waals surface area contributed by atoms with E-state index >= 15 is 0 Å². The zero-order chi connectivity index (χ0) is 14.3. The minimum atomic E-state index is -1.09. The third-order valence-electron chi connectivity index (χ3n) is 2.37. The van der Waals surface area contributed by atoms with Gasteiger partial charge in [0.25, 0.3) is 0 Å². The van der Waals surface area contributed by atoms with Crippen LogP contribution in [0.15, 0.2) is 24.3 Å². The van der Waals surface area contributed by atoms with E-state index in [1.54, 1.807) is 24.3 Å². The largest absolute Gasteiger partial charge is 0.480 e. The van der Waals surface area contributed by atoms with Gasteiger partial charge in [-0.1, -0.05) is 23.7 Å². The second-order valence-corrected chi connectivity index (χ2v) is 4.27. The molecule has 5 N–H and O–H groups in total. The number of nitrogens with one attached hydrogen (secondary N) is 2. The molecule has 1 rings (SSSR count). The molecule has 0 spiro atoms. The summed E-state index contributed by atoms with van der Waals surface area (Å²) in [6.07, 6.45) is -0.194. The van der Waals surface area contributed by atoms with Gasteiger partial charge in [0.1, 0.15) is 6.04 Å². The third kappa shape index (κ3) is 5.25. The van der Waals surface area contributed by atoms with E-state index in [1.165, 1.54) is 0 Å². The number of carboxylic acids is 1. The van der Waals surface area contributed by atoms with Crippen LogP contribution in [0.4, 0.5) is 5.69 Å². The molecule has 19 heavy (non-hydrogen) atoms. The predicted octanol–water partition coefficient (Wildman–Crippen LogP) is 0.670. The van der Waals surface area contributed by atoms with Crippen LogP contribution in [0.1, 0.15) is 6.42 Å². The lowest BCUT2D eigenvalue weighted by Crippen LogP contribution is -2.41. The number of hydrogen-bond donors (Lipinski definition) is 4. The molecular weight excluding hydrogens is 270 g/mol.